The Bertz CT molecular complexity index is 1380. The van der Waals surface area contributed by atoms with Gasteiger partial charge in [0.2, 0.25) is 5.82 Å². The fourth-order valence-corrected chi connectivity index (χ4v) is 3.94. The summed E-state index contributed by atoms with van der Waals surface area (Å²) in [6.07, 6.45) is -4.57. The van der Waals surface area contributed by atoms with E-state index in [9.17, 15) is 18.0 Å². The van der Waals surface area contributed by atoms with Gasteiger partial charge in [0.1, 0.15) is 6.04 Å². The zero-order chi connectivity index (χ0) is 26.0. The van der Waals surface area contributed by atoms with Gasteiger partial charge in [0.05, 0.1) is 5.56 Å². The average molecular weight is 496 g/mol. The molecule has 0 bridgehead atoms. The number of rotatable bonds is 7. The van der Waals surface area contributed by atoms with Crippen LogP contribution in [-0.4, -0.2) is 27.3 Å². The Morgan fingerprint density at radius 2 is 1.64 bits per heavy atom. The molecule has 1 heterocycles. The highest BCUT2D eigenvalue weighted by Gasteiger charge is 2.34. The number of nitrogens with one attached hydrogen (secondary N) is 1. The van der Waals surface area contributed by atoms with Crippen LogP contribution in [0.1, 0.15) is 36.6 Å². The number of carboxylic acid groups (broad SMARTS) is 1. The van der Waals surface area contributed by atoms with Gasteiger partial charge in [0, 0.05) is 17.2 Å². The fraction of sp³-hybridized carbons (Fsp3) is 0.222. The van der Waals surface area contributed by atoms with Gasteiger partial charge in [0.15, 0.2) is 0 Å². The molecule has 0 saturated heterocycles. The number of aliphatic carboxylic acids is 1. The molecule has 0 saturated carbocycles. The van der Waals surface area contributed by atoms with E-state index in [1.54, 1.807) is 62.4 Å². The number of aromatic nitrogens is 2. The van der Waals surface area contributed by atoms with Crippen LogP contribution in [0.5, 0.6) is 0 Å². The standard InChI is InChI=1S/C27H24F3N3O3/c1-15-6-4-5-7-21(15)22-13-12-20(14-23(22)27(28,29)30)25-32-24(33-36-25)19-10-8-18(9-11-19)16(2)31-17(3)26(34)35/h4-14,16-17,31H,1-3H3,(H,34,35)/t16-,17+/m1/s1. The van der Waals surface area contributed by atoms with Crippen LogP contribution in [0.2, 0.25) is 0 Å². The maximum Gasteiger partial charge on any atom is 0.417 e. The minimum absolute atomic E-state index is 0.0266. The second kappa shape index (κ2) is 9.94. The van der Waals surface area contributed by atoms with E-state index in [1.807, 2.05) is 6.92 Å². The molecular formula is C27H24F3N3O3. The molecule has 0 aliphatic rings. The average Bonchev–Trinajstić information content (AvgIpc) is 3.34. The lowest BCUT2D eigenvalue weighted by atomic mass is 9.94. The molecule has 0 aliphatic carbocycles. The van der Waals surface area contributed by atoms with E-state index in [0.717, 1.165) is 17.2 Å². The van der Waals surface area contributed by atoms with E-state index >= 15 is 0 Å². The Labute approximate surface area is 205 Å². The van der Waals surface area contributed by atoms with Crippen molar-refractivity contribution in [2.24, 2.45) is 0 Å². The van der Waals surface area contributed by atoms with Gasteiger partial charge in [-0.1, -0.05) is 59.8 Å². The molecule has 1 aromatic heterocycles. The Morgan fingerprint density at radius 1 is 0.972 bits per heavy atom. The van der Waals surface area contributed by atoms with Crippen LogP contribution >= 0.6 is 0 Å². The highest BCUT2D eigenvalue weighted by molar-refractivity contribution is 5.75. The first-order valence-corrected chi connectivity index (χ1v) is 11.2. The van der Waals surface area contributed by atoms with Crippen molar-refractivity contribution >= 4 is 5.97 Å². The van der Waals surface area contributed by atoms with Crippen molar-refractivity contribution in [1.29, 1.82) is 0 Å². The van der Waals surface area contributed by atoms with Gasteiger partial charge >= 0.3 is 12.1 Å². The van der Waals surface area contributed by atoms with Gasteiger partial charge in [-0.25, -0.2) is 0 Å². The van der Waals surface area contributed by atoms with Crippen LogP contribution in [0.4, 0.5) is 13.2 Å². The number of carboxylic acids is 1. The van der Waals surface area contributed by atoms with E-state index in [4.69, 9.17) is 9.63 Å². The first kappa shape index (κ1) is 25.1. The normalized spacial score (nSPS) is 13.4. The SMILES string of the molecule is Cc1ccccc1-c1ccc(-c2nc(-c3ccc([C@@H](C)N[C@@H](C)C(=O)O)cc3)no2)cc1C(F)(F)F. The van der Waals surface area contributed by atoms with E-state index in [1.165, 1.54) is 12.1 Å². The molecule has 3 aromatic carbocycles. The molecule has 9 heteroatoms. The lowest BCUT2D eigenvalue weighted by Gasteiger charge is -2.17. The molecule has 0 radical (unpaired) electrons. The summed E-state index contributed by atoms with van der Waals surface area (Å²) in [6.45, 7) is 5.17. The third kappa shape index (κ3) is 5.31. The van der Waals surface area contributed by atoms with Crippen LogP contribution in [0, 0.1) is 6.92 Å². The maximum atomic E-state index is 14.0. The van der Waals surface area contributed by atoms with Crippen molar-refractivity contribution in [3.63, 3.8) is 0 Å². The molecule has 0 unspecified atom stereocenters. The van der Waals surface area contributed by atoms with Gasteiger partial charge in [-0.15, -0.1) is 0 Å². The van der Waals surface area contributed by atoms with Gasteiger partial charge < -0.3 is 9.63 Å². The number of aryl methyl sites for hydroxylation is 1. The Balaban J connectivity index is 1.61. The van der Waals surface area contributed by atoms with Gasteiger partial charge in [-0.05, 0) is 55.2 Å². The Kier molecular flexibility index (Phi) is 6.94. The molecule has 4 aromatic rings. The summed E-state index contributed by atoms with van der Waals surface area (Å²) in [4.78, 5) is 15.4. The van der Waals surface area contributed by atoms with Crippen LogP contribution in [0.15, 0.2) is 71.3 Å². The topological polar surface area (TPSA) is 88.2 Å². The Morgan fingerprint density at radius 3 is 2.28 bits per heavy atom. The number of hydrogen-bond donors (Lipinski definition) is 2. The van der Waals surface area contributed by atoms with Crippen LogP contribution in [0.25, 0.3) is 34.0 Å². The van der Waals surface area contributed by atoms with Crippen molar-refractivity contribution < 1.29 is 27.6 Å². The lowest BCUT2D eigenvalue weighted by Crippen LogP contribution is -2.35. The van der Waals surface area contributed by atoms with Crippen LogP contribution in [-0.2, 0) is 11.0 Å². The minimum Gasteiger partial charge on any atom is -0.480 e. The fourth-order valence-electron chi connectivity index (χ4n) is 3.94. The summed E-state index contributed by atoms with van der Waals surface area (Å²) in [6, 6.07) is 17.1. The molecule has 2 atom stereocenters. The van der Waals surface area contributed by atoms with E-state index in [-0.39, 0.29) is 28.9 Å². The number of alkyl halides is 3. The summed E-state index contributed by atoms with van der Waals surface area (Å²) < 4.78 is 47.2. The number of hydrogen-bond acceptors (Lipinski definition) is 5. The second-order valence-electron chi connectivity index (χ2n) is 8.57. The van der Waals surface area contributed by atoms with E-state index in [2.05, 4.69) is 15.5 Å². The third-order valence-corrected chi connectivity index (χ3v) is 5.97. The first-order valence-electron chi connectivity index (χ1n) is 11.2. The van der Waals surface area contributed by atoms with Crippen molar-refractivity contribution in [3.8, 4) is 34.0 Å². The molecule has 0 amide bonds. The highest BCUT2D eigenvalue weighted by Crippen LogP contribution is 2.40. The monoisotopic (exact) mass is 495 g/mol. The van der Waals surface area contributed by atoms with Crippen molar-refractivity contribution in [2.75, 3.05) is 0 Å². The second-order valence-corrected chi connectivity index (χ2v) is 8.57. The lowest BCUT2D eigenvalue weighted by molar-refractivity contribution is -0.139. The quantitative estimate of drug-likeness (QED) is 0.303. The summed E-state index contributed by atoms with van der Waals surface area (Å²) in [7, 11) is 0. The molecule has 36 heavy (non-hydrogen) atoms. The molecule has 0 spiro atoms. The molecule has 186 valence electrons. The number of benzene rings is 3. The van der Waals surface area contributed by atoms with Gasteiger partial charge in [0.25, 0.3) is 5.89 Å². The van der Waals surface area contributed by atoms with Crippen molar-refractivity contribution in [2.45, 2.75) is 39.0 Å². The molecule has 4 rings (SSSR count). The molecule has 0 fully saturated rings. The van der Waals surface area contributed by atoms with Gasteiger partial charge in [-0.3, -0.25) is 10.1 Å². The van der Waals surface area contributed by atoms with E-state index < -0.39 is 23.8 Å². The Hall–Kier alpha value is -3.98. The predicted molar refractivity (Wildman–Crippen MR) is 129 cm³/mol. The minimum atomic E-state index is -4.57. The predicted octanol–water partition coefficient (Wildman–Crippen LogP) is 6.52. The van der Waals surface area contributed by atoms with Crippen LogP contribution < -0.4 is 5.32 Å². The summed E-state index contributed by atoms with van der Waals surface area (Å²) >= 11 is 0. The molecular weight excluding hydrogens is 471 g/mol. The van der Waals surface area contributed by atoms with E-state index in [0.29, 0.717) is 11.1 Å². The summed E-state index contributed by atoms with van der Waals surface area (Å²) in [5.74, 6) is -0.743. The number of halogens is 3. The van der Waals surface area contributed by atoms with Gasteiger partial charge in [-0.2, -0.15) is 18.2 Å². The summed E-state index contributed by atoms with van der Waals surface area (Å²) in [5.41, 5.74) is 2.17. The zero-order valence-electron chi connectivity index (χ0n) is 19.8. The number of carbonyl (C=O) groups is 1. The molecule has 0 aliphatic heterocycles. The molecule has 6 nitrogen and oxygen atoms in total. The van der Waals surface area contributed by atoms with Crippen LogP contribution in [0.3, 0.4) is 0 Å². The maximum absolute atomic E-state index is 14.0. The highest BCUT2D eigenvalue weighted by atomic mass is 19.4. The largest absolute Gasteiger partial charge is 0.480 e. The number of nitrogens with zero attached hydrogens (tertiary/aromatic N) is 2. The smallest absolute Gasteiger partial charge is 0.417 e. The molecule has 2 N–H and O–H groups in total. The zero-order valence-corrected chi connectivity index (χ0v) is 19.8. The third-order valence-electron chi connectivity index (χ3n) is 5.97. The van der Waals surface area contributed by atoms with Crippen molar-refractivity contribution in [1.82, 2.24) is 15.5 Å². The summed E-state index contributed by atoms with van der Waals surface area (Å²) in [5, 5.41) is 16.0. The van der Waals surface area contributed by atoms with Crippen molar-refractivity contribution in [3.05, 3.63) is 83.4 Å². The first-order chi connectivity index (χ1) is 17.0.